The Hall–Kier alpha value is -1.06. The van der Waals surface area contributed by atoms with Gasteiger partial charge in [-0.05, 0) is 19.3 Å². The minimum absolute atomic E-state index is 0.0918. The maximum Gasteiger partial charge on any atom is 0.347 e. The van der Waals surface area contributed by atoms with Gasteiger partial charge in [-0.15, -0.1) is 0 Å². The molecule has 0 radical (unpaired) electrons. The Bertz CT molecular complexity index is 245. The minimum atomic E-state index is -0.819. The van der Waals surface area contributed by atoms with E-state index in [0.717, 1.165) is 6.42 Å². The summed E-state index contributed by atoms with van der Waals surface area (Å²) >= 11 is 0. The zero-order valence-electron chi connectivity index (χ0n) is 10.8. The Kier molecular flexibility index (Phi) is 6.08. The molecule has 0 fully saturated rings. The van der Waals surface area contributed by atoms with Crippen molar-refractivity contribution in [2.75, 3.05) is 6.61 Å². The third-order valence-corrected chi connectivity index (χ3v) is 2.51. The molecule has 0 aliphatic carbocycles. The SMILES string of the molecule is CCOC(=O)[C@H](C)OC(=O)CC(C)(C)CC. The second-order valence-corrected chi connectivity index (χ2v) is 4.58. The quantitative estimate of drug-likeness (QED) is 0.657. The molecule has 0 rings (SSSR count). The Morgan fingerprint density at radius 1 is 1.25 bits per heavy atom. The van der Waals surface area contributed by atoms with Crippen LogP contribution in [0.1, 0.15) is 47.5 Å². The van der Waals surface area contributed by atoms with E-state index in [0.29, 0.717) is 13.0 Å². The van der Waals surface area contributed by atoms with Crippen LogP contribution in [0.5, 0.6) is 0 Å². The van der Waals surface area contributed by atoms with E-state index in [2.05, 4.69) is 0 Å². The van der Waals surface area contributed by atoms with Gasteiger partial charge in [0.1, 0.15) is 0 Å². The van der Waals surface area contributed by atoms with Crippen LogP contribution in [0.4, 0.5) is 0 Å². The maximum atomic E-state index is 11.5. The smallest absolute Gasteiger partial charge is 0.347 e. The first-order valence-electron chi connectivity index (χ1n) is 5.68. The largest absolute Gasteiger partial charge is 0.463 e. The lowest BCUT2D eigenvalue weighted by Gasteiger charge is -2.22. The van der Waals surface area contributed by atoms with Crippen molar-refractivity contribution in [3.05, 3.63) is 0 Å². The summed E-state index contributed by atoms with van der Waals surface area (Å²) in [5.74, 6) is -0.849. The molecule has 0 bridgehead atoms. The van der Waals surface area contributed by atoms with Crippen LogP contribution in [0, 0.1) is 5.41 Å². The van der Waals surface area contributed by atoms with Gasteiger partial charge in [0.05, 0.1) is 13.0 Å². The van der Waals surface area contributed by atoms with E-state index in [1.807, 2.05) is 20.8 Å². The predicted molar refractivity (Wildman–Crippen MR) is 60.9 cm³/mol. The second kappa shape index (κ2) is 6.51. The summed E-state index contributed by atoms with van der Waals surface area (Å²) in [5, 5.41) is 0. The lowest BCUT2D eigenvalue weighted by Crippen LogP contribution is -2.28. The van der Waals surface area contributed by atoms with Crippen LogP contribution < -0.4 is 0 Å². The van der Waals surface area contributed by atoms with Crippen molar-refractivity contribution in [2.24, 2.45) is 5.41 Å². The minimum Gasteiger partial charge on any atom is -0.463 e. The average molecular weight is 230 g/mol. The fourth-order valence-electron chi connectivity index (χ4n) is 1.06. The van der Waals surface area contributed by atoms with Crippen molar-refractivity contribution < 1.29 is 19.1 Å². The van der Waals surface area contributed by atoms with Gasteiger partial charge in [-0.1, -0.05) is 27.2 Å². The molecule has 0 amide bonds. The van der Waals surface area contributed by atoms with E-state index in [1.165, 1.54) is 6.92 Å². The van der Waals surface area contributed by atoms with Gasteiger partial charge in [0.2, 0.25) is 0 Å². The summed E-state index contributed by atoms with van der Waals surface area (Å²) in [5.41, 5.74) is -0.0918. The summed E-state index contributed by atoms with van der Waals surface area (Å²) in [6, 6.07) is 0. The van der Waals surface area contributed by atoms with E-state index < -0.39 is 12.1 Å². The summed E-state index contributed by atoms with van der Waals surface area (Å²) in [6.07, 6.45) is 0.378. The van der Waals surface area contributed by atoms with Crippen LogP contribution in [0.15, 0.2) is 0 Å². The normalized spacial score (nSPS) is 13.1. The van der Waals surface area contributed by atoms with Crippen LogP contribution in [0.2, 0.25) is 0 Å². The van der Waals surface area contributed by atoms with Crippen molar-refractivity contribution in [3.8, 4) is 0 Å². The molecule has 94 valence electrons. The Morgan fingerprint density at radius 2 is 1.81 bits per heavy atom. The molecule has 1 atom stereocenters. The lowest BCUT2D eigenvalue weighted by molar-refractivity contribution is -0.167. The number of hydrogen-bond acceptors (Lipinski definition) is 4. The molecule has 16 heavy (non-hydrogen) atoms. The molecule has 0 saturated carbocycles. The highest BCUT2D eigenvalue weighted by molar-refractivity contribution is 5.79. The van der Waals surface area contributed by atoms with Crippen LogP contribution in [0.3, 0.4) is 0 Å². The Morgan fingerprint density at radius 3 is 2.25 bits per heavy atom. The molecule has 0 heterocycles. The van der Waals surface area contributed by atoms with Crippen molar-refractivity contribution in [2.45, 2.75) is 53.6 Å². The summed E-state index contributed by atoms with van der Waals surface area (Å²) < 4.78 is 9.73. The fourth-order valence-corrected chi connectivity index (χ4v) is 1.06. The molecule has 4 nitrogen and oxygen atoms in total. The standard InChI is InChI=1S/C12H22O4/c1-6-12(4,5)8-10(13)16-9(3)11(14)15-7-2/h9H,6-8H2,1-5H3/t9-/m0/s1. The van der Waals surface area contributed by atoms with Crippen LogP contribution in [-0.4, -0.2) is 24.6 Å². The van der Waals surface area contributed by atoms with Crippen molar-refractivity contribution in [3.63, 3.8) is 0 Å². The fraction of sp³-hybridized carbons (Fsp3) is 0.833. The zero-order chi connectivity index (χ0) is 12.8. The maximum absolute atomic E-state index is 11.5. The van der Waals surface area contributed by atoms with Gasteiger partial charge in [0.25, 0.3) is 0 Å². The Labute approximate surface area is 97.3 Å². The van der Waals surface area contributed by atoms with E-state index >= 15 is 0 Å². The van der Waals surface area contributed by atoms with Crippen molar-refractivity contribution >= 4 is 11.9 Å². The summed E-state index contributed by atoms with van der Waals surface area (Å²) in [7, 11) is 0. The van der Waals surface area contributed by atoms with Crippen molar-refractivity contribution in [1.82, 2.24) is 0 Å². The van der Waals surface area contributed by atoms with Gasteiger partial charge in [-0.25, -0.2) is 4.79 Å². The van der Waals surface area contributed by atoms with Gasteiger partial charge in [0.15, 0.2) is 6.10 Å². The van der Waals surface area contributed by atoms with Gasteiger partial charge < -0.3 is 9.47 Å². The van der Waals surface area contributed by atoms with Gasteiger partial charge in [-0.2, -0.15) is 0 Å². The Balaban J connectivity index is 4.10. The van der Waals surface area contributed by atoms with E-state index in [-0.39, 0.29) is 11.4 Å². The van der Waals surface area contributed by atoms with E-state index in [1.54, 1.807) is 6.92 Å². The third kappa shape index (κ3) is 5.73. The van der Waals surface area contributed by atoms with Gasteiger partial charge in [0, 0.05) is 0 Å². The molecule has 0 aliphatic heterocycles. The molecule has 4 heteroatoms. The van der Waals surface area contributed by atoms with Crippen LogP contribution >= 0.6 is 0 Å². The molecule has 0 saturated heterocycles. The first-order valence-corrected chi connectivity index (χ1v) is 5.68. The monoisotopic (exact) mass is 230 g/mol. The highest BCUT2D eigenvalue weighted by Gasteiger charge is 2.24. The average Bonchev–Trinajstić information content (AvgIpc) is 2.17. The molecule has 0 N–H and O–H groups in total. The predicted octanol–water partition coefficient (Wildman–Crippen LogP) is 2.31. The van der Waals surface area contributed by atoms with Gasteiger partial charge >= 0.3 is 11.9 Å². The molecule has 0 spiro atoms. The molecular weight excluding hydrogens is 208 g/mol. The summed E-state index contributed by atoms with van der Waals surface area (Å²) in [4.78, 5) is 22.7. The zero-order valence-corrected chi connectivity index (χ0v) is 10.8. The number of hydrogen-bond donors (Lipinski definition) is 0. The molecule has 0 unspecified atom stereocenters. The number of ether oxygens (including phenoxy) is 2. The highest BCUT2D eigenvalue weighted by Crippen LogP contribution is 2.24. The molecule has 0 aromatic heterocycles. The molecule has 0 aromatic carbocycles. The van der Waals surface area contributed by atoms with E-state index in [4.69, 9.17) is 9.47 Å². The lowest BCUT2D eigenvalue weighted by atomic mass is 9.87. The number of carbonyl (C=O) groups excluding carboxylic acids is 2. The first-order chi connectivity index (χ1) is 7.32. The van der Waals surface area contributed by atoms with E-state index in [9.17, 15) is 9.59 Å². The van der Waals surface area contributed by atoms with Crippen molar-refractivity contribution in [1.29, 1.82) is 0 Å². The molecule has 0 aliphatic rings. The van der Waals surface area contributed by atoms with Crippen LogP contribution in [0.25, 0.3) is 0 Å². The number of esters is 2. The number of carbonyl (C=O) groups is 2. The summed E-state index contributed by atoms with van der Waals surface area (Å²) in [6.45, 7) is 9.53. The third-order valence-electron chi connectivity index (χ3n) is 2.51. The number of rotatable bonds is 6. The molecular formula is C12H22O4. The topological polar surface area (TPSA) is 52.6 Å². The molecule has 0 aromatic rings. The van der Waals surface area contributed by atoms with Crippen LogP contribution in [-0.2, 0) is 19.1 Å². The van der Waals surface area contributed by atoms with Gasteiger partial charge in [-0.3, -0.25) is 4.79 Å². The second-order valence-electron chi connectivity index (χ2n) is 4.58. The first kappa shape index (κ1) is 14.9. The highest BCUT2D eigenvalue weighted by atomic mass is 16.6.